The molecule has 0 radical (unpaired) electrons. The third-order valence-electron chi connectivity index (χ3n) is 5.82. The maximum Gasteiger partial charge on any atom is 0.151 e. The Morgan fingerprint density at radius 2 is 1.38 bits per heavy atom. The molecule has 1 saturated heterocycles. The van der Waals surface area contributed by atoms with Gasteiger partial charge in [0.05, 0.1) is 19.6 Å². The van der Waals surface area contributed by atoms with E-state index in [4.69, 9.17) is 5.73 Å². The molecule has 1 fully saturated rings. The van der Waals surface area contributed by atoms with Gasteiger partial charge in [-0.2, -0.15) is 0 Å². The fourth-order valence-electron chi connectivity index (χ4n) is 4.06. The Labute approximate surface area is 134 Å². The molecule has 0 spiro atoms. The number of nitrogens with two attached hydrogens (primary N) is 1. The van der Waals surface area contributed by atoms with Crippen molar-refractivity contribution in [3.63, 3.8) is 0 Å². The molecule has 1 rings (SSSR count). The lowest BCUT2D eigenvalue weighted by Gasteiger charge is -2.29. The lowest BCUT2D eigenvalue weighted by Crippen LogP contribution is -2.40. The molecule has 0 aliphatic carbocycles. The van der Waals surface area contributed by atoms with E-state index in [-0.39, 0.29) is 0 Å². The monoisotopic (exact) mass is 297 g/mol. The number of hydrogen-bond donors (Lipinski definition) is 1. The van der Waals surface area contributed by atoms with Crippen molar-refractivity contribution >= 4 is 0 Å². The molecule has 2 N–H and O–H groups in total. The Hall–Kier alpha value is -0.0800. The van der Waals surface area contributed by atoms with E-state index < -0.39 is 0 Å². The topological polar surface area (TPSA) is 26.0 Å². The Balaban J connectivity index is 2.57. The van der Waals surface area contributed by atoms with Gasteiger partial charge < -0.3 is 10.2 Å². The van der Waals surface area contributed by atoms with Crippen LogP contribution >= 0.6 is 0 Å². The summed E-state index contributed by atoms with van der Waals surface area (Å²) in [6.45, 7) is 14.5. The Bertz CT molecular complexity index is 246. The van der Waals surface area contributed by atoms with Crippen LogP contribution in [0.2, 0.25) is 0 Å². The summed E-state index contributed by atoms with van der Waals surface area (Å²) in [5.41, 5.74) is 6.03. The molecule has 0 aromatic rings. The first-order valence-electron chi connectivity index (χ1n) is 9.71. The van der Waals surface area contributed by atoms with Gasteiger partial charge >= 0.3 is 0 Å². The van der Waals surface area contributed by atoms with E-state index in [1.165, 1.54) is 75.5 Å². The first-order chi connectivity index (χ1) is 10.2. The van der Waals surface area contributed by atoms with Gasteiger partial charge in [0.15, 0.2) is 6.04 Å². The fourth-order valence-corrected chi connectivity index (χ4v) is 4.06. The smallest absolute Gasteiger partial charge is 0.151 e. The van der Waals surface area contributed by atoms with Gasteiger partial charge in [-0.25, -0.2) is 0 Å². The number of hydrogen-bond acceptors (Lipinski definition) is 1. The van der Waals surface area contributed by atoms with Crippen molar-refractivity contribution < 1.29 is 4.48 Å². The Morgan fingerprint density at radius 3 is 1.67 bits per heavy atom. The number of unbranched alkanes of at least 4 members (excludes halogenated alkanes) is 2. The molecule has 3 atom stereocenters. The third-order valence-corrected chi connectivity index (χ3v) is 5.82. The number of nitrogens with zero attached hydrogens (tertiary/aromatic N) is 1. The summed E-state index contributed by atoms with van der Waals surface area (Å²) in [4.78, 5) is 0. The minimum Gasteiger partial charge on any atom is -0.325 e. The molecule has 2 nitrogen and oxygen atoms in total. The van der Waals surface area contributed by atoms with Crippen LogP contribution in [-0.2, 0) is 0 Å². The minimum atomic E-state index is 0.774. The van der Waals surface area contributed by atoms with Gasteiger partial charge in [0, 0.05) is 11.8 Å². The molecular weight excluding hydrogens is 256 g/mol. The van der Waals surface area contributed by atoms with Gasteiger partial charge in [0.25, 0.3) is 0 Å². The summed E-state index contributed by atoms with van der Waals surface area (Å²) in [7, 11) is 0. The molecule has 3 unspecified atom stereocenters. The van der Waals surface area contributed by atoms with Crippen LogP contribution in [0, 0.1) is 11.8 Å². The van der Waals surface area contributed by atoms with E-state index in [1.54, 1.807) is 0 Å². The molecule has 126 valence electrons. The summed E-state index contributed by atoms with van der Waals surface area (Å²) >= 11 is 0. The molecule has 1 aliphatic heterocycles. The van der Waals surface area contributed by atoms with Crippen LogP contribution in [-0.4, -0.2) is 36.7 Å². The van der Waals surface area contributed by atoms with E-state index in [0.717, 1.165) is 24.4 Å². The van der Waals surface area contributed by atoms with Crippen LogP contribution in [0.15, 0.2) is 0 Å². The number of rotatable bonds is 13. The molecule has 0 aromatic carbocycles. The van der Waals surface area contributed by atoms with Gasteiger partial charge in [0.1, 0.15) is 6.54 Å². The minimum absolute atomic E-state index is 0.774. The van der Waals surface area contributed by atoms with E-state index >= 15 is 0 Å². The van der Waals surface area contributed by atoms with Crippen LogP contribution in [0.4, 0.5) is 0 Å². The molecule has 0 amide bonds. The Morgan fingerprint density at radius 1 is 0.905 bits per heavy atom. The third kappa shape index (κ3) is 5.90. The fraction of sp³-hybridized carbons (Fsp3) is 1.00. The van der Waals surface area contributed by atoms with Crippen molar-refractivity contribution in [3.8, 4) is 0 Å². The first-order valence-corrected chi connectivity index (χ1v) is 9.71. The zero-order valence-corrected chi connectivity index (χ0v) is 15.2. The second-order valence-corrected chi connectivity index (χ2v) is 7.49. The lowest BCUT2D eigenvalue weighted by atomic mass is 9.95. The molecule has 1 aliphatic rings. The van der Waals surface area contributed by atoms with Gasteiger partial charge in [-0.15, -0.1) is 0 Å². The zero-order valence-electron chi connectivity index (χ0n) is 15.2. The van der Waals surface area contributed by atoms with Crippen LogP contribution in [0.5, 0.6) is 0 Å². The Kier molecular flexibility index (Phi) is 8.89. The standard InChI is InChI=1S/C19H41N2/c1-5-9-11-17(7-3)14-21(16-19(21)13-20)15-18(8-4)12-10-6-2/h17-19H,5-16,20H2,1-4H3/q+1. The summed E-state index contributed by atoms with van der Waals surface area (Å²) < 4.78 is 1.36. The quantitative estimate of drug-likeness (QED) is 0.391. The number of quaternary nitrogens is 1. The first kappa shape index (κ1) is 19.0. The summed E-state index contributed by atoms with van der Waals surface area (Å²) in [6.07, 6.45) is 11.0. The molecule has 2 heteroatoms. The molecule has 0 aromatic heterocycles. The highest BCUT2D eigenvalue weighted by molar-refractivity contribution is 4.79. The van der Waals surface area contributed by atoms with E-state index in [2.05, 4.69) is 27.7 Å². The molecule has 1 heterocycles. The molecule has 21 heavy (non-hydrogen) atoms. The zero-order chi connectivity index (χ0) is 15.7. The SMILES string of the molecule is CCCCC(CC)C[N+]1(CC(CC)CCCC)CC1CN. The van der Waals surface area contributed by atoms with Crippen LogP contribution < -0.4 is 5.73 Å². The normalized spacial score (nSPS) is 27.6. The molecule has 0 bridgehead atoms. The highest BCUT2D eigenvalue weighted by atomic mass is 15.5. The van der Waals surface area contributed by atoms with Crippen molar-refractivity contribution in [2.75, 3.05) is 26.2 Å². The van der Waals surface area contributed by atoms with Crippen molar-refractivity contribution in [1.29, 1.82) is 0 Å². The highest BCUT2D eigenvalue weighted by Crippen LogP contribution is 2.36. The molecule has 0 saturated carbocycles. The van der Waals surface area contributed by atoms with Gasteiger partial charge in [-0.1, -0.05) is 53.4 Å². The molecular formula is C19H41N2+. The highest BCUT2D eigenvalue weighted by Gasteiger charge is 2.54. The van der Waals surface area contributed by atoms with Crippen LogP contribution in [0.1, 0.15) is 79.1 Å². The van der Waals surface area contributed by atoms with E-state index in [9.17, 15) is 0 Å². The second kappa shape index (κ2) is 9.84. The summed E-state index contributed by atoms with van der Waals surface area (Å²) in [6, 6.07) is 0.774. The summed E-state index contributed by atoms with van der Waals surface area (Å²) in [5.74, 6) is 1.84. The van der Waals surface area contributed by atoms with E-state index in [1.807, 2.05) is 0 Å². The van der Waals surface area contributed by atoms with Gasteiger partial charge in [0.2, 0.25) is 0 Å². The van der Waals surface area contributed by atoms with Crippen molar-refractivity contribution in [1.82, 2.24) is 0 Å². The largest absolute Gasteiger partial charge is 0.325 e. The van der Waals surface area contributed by atoms with Gasteiger partial charge in [-0.3, -0.25) is 0 Å². The average molecular weight is 298 g/mol. The van der Waals surface area contributed by atoms with Gasteiger partial charge in [-0.05, 0) is 25.7 Å². The predicted molar refractivity (Wildman–Crippen MR) is 94.3 cm³/mol. The lowest BCUT2D eigenvalue weighted by molar-refractivity contribution is -0.821. The van der Waals surface area contributed by atoms with Crippen LogP contribution in [0.25, 0.3) is 0 Å². The maximum atomic E-state index is 6.03. The van der Waals surface area contributed by atoms with Crippen molar-refractivity contribution in [2.24, 2.45) is 17.6 Å². The summed E-state index contributed by atoms with van der Waals surface area (Å²) in [5, 5.41) is 0. The average Bonchev–Trinajstić information content (AvgIpc) is 3.20. The van der Waals surface area contributed by atoms with Crippen LogP contribution in [0.3, 0.4) is 0 Å². The van der Waals surface area contributed by atoms with E-state index in [0.29, 0.717) is 0 Å². The van der Waals surface area contributed by atoms with Crippen molar-refractivity contribution in [2.45, 2.75) is 85.1 Å². The maximum absolute atomic E-state index is 6.03. The van der Waals surface area contributed by atoms with Crippen molar-refractivity contribution in [3.05, 3.63) is 0 Å². The second-order valence-electron chi connectivity index (χ2n) is 7.49. The predicted octanol–water partition coefficient (Wildman–Crippen LogP) is 4.58.